The first kappa shape index (κ1) is 22.3. The fraction of sp³-hybridized carbons (Fsp3) is 0.350. The maximum absolute atomic E-state index is 13.0. The zero-order valence-corrected chi connectivity index (χ0v) is 18.2. The molecule has 1 N–H and O–H groups in total. The van der Waals surface area contributed by atoms with Crippen LogP contribution >= 0.6 is 11.8 Å². The molecule has 152 valence electrons. The molecule has 0 spiro atoms. The monoisotopic (exact) mass is 422 g/mol. The average Bonchev–Trinajstić information content (AvgIpc) is 2.70. The van der Waals surface area contributed by atoms with Crippen LogP contribution in [0.15, 0.2) is 52.3 Å². The highest BCUT2D eigenvalue weighted by Gasteiger charge is 2.26. The fourth-order valence-electron chi connectivity index (χ4n) is 2.71. The summed E-state index contributed by atoms with van der Waals surface area (Å²) in [4.78, 5) is 13.6. The Morgan fingerprint density at radius 1 is 1.07 bits per heavy atom. The van der Waals surface area contributed by atoms with Crippen molar-refractivity contribution in [2.45, 2.75) is 30.6 Å². The summed E-state index contributed by atoms with van der Waals surface area (Å²) >= 11 is 1.59. The molecule has 0 saturated carbocycles. The van der Waals surface area contributed by atoms with Gasteiger partial charge in [-0.05, 0) is 55.6 Å². The summed E-state index contributed by atoms with van der Waals surface area (Å²) in [7, 11) is -3.73. The minimum atomic E-state index is -3.73. The molecule has 0 saturated heterocycles. The molecular weight excluding hydrogens is 396 g/mol. The van der Waals surface area contributed by atoms with E-state index in [0.717, 1.165) is 4.90 Å². The van der Waals surface area contributed by atoms with Crippen molar-refractivity contribution in [2.24, 2.45) is 0 Å². The van der Waals surface area contributed by atoms with Crippen LogP contribution < -0.4 is 10.1 Å². The summed E-state index contributed by atoms with van der Waals surface area (Å²) in [5.74, 6) is -0.0280. The molecule has 6 nitrogen and oxygen atoms in total. The molecule has 0 atom stereocenters. The molecule has 28 heavy (non-hydrogen) atoms. The summed E-state index contributed by atoms with van der Waals surface area (Å²) in [5, 5.41) is 2.77. The van der Waals surface area contributed by atoms with E-state index >= 15 is 0 Å². The van der Waals surface area contributed by atoms with E-state index in [4.69, 9.17) is 4.74 Å². The number of nitrogens with zero attached hydrogens (tertiary/aromatic N) is 1. The third-order valence-electron chi connectivity index (χ3n) is 4.18. The Labute approximate surface area is 171 Å². The predicted molar refractivity (Wildman–Crippen MR) is 114 cm³/mol. The molecule has 2 aromatic carbocycles. The average molecular weight is 423 g/mol. The molecule has 8 heteroatoms. The van der Waals surface area contributed by atoms with Gasteiger partial charge in [-0.3, -0.25) is 4.79 Å². The van der Waals surface area contributed by atoms with Crippen LogP contribution in [0.4, 0.5) is 5.69 Å². The molecule has 0 fully saturated rings. The number of carbonyl (C=O) groups is 1. The molecule has 0 unspecified atom stereocenters. The normalized spacial score (nSPS) is 11.5. The van der Waals surface area contributed by atoms with Crippen molar-refractivity contribution >= 4 is 33.4 Å². The Morgan fingerprint density at radius 3 is 2.25 bits per heavy atom. The van der Waals surface area contributed by atoms with Crippen LogP contribution in [0.1, 0.15) is 31.1 Å². The van der Waals surface area contributed by atoms with Crippen LogP contribution in [-0.2, 0) is 10.0 Å². The second-order valence-electron chi connectivity index (χ2n) is 5.87. The van der Waals surface area contributed by atoms with E-state index in [1.807, 2.05) is 18.4 Å². The molecule has 0 aromatic heterocycles. The van der Waals surface area contributed by atoms with Gasteiger partial charge in [-0.2, -0.15) is 4.31 Å². The second-order valence-corrected chi connectivity index (χ2v) is 8.65. The molecule has 0 aliphatic carbocycles. The first-order chi connectivity index (χ1) is 13.4. The van der Waals surface area contributed by atoms with E-state index in [-0.39, 0.29) is 16.6 Å². The number of amides is 1. The lowest BCUT2D eigenvalue weighted by molar-refractivity contribution is 0.102. The van der Waals surface area contributed by atoms with Gasteiger partial charge in [0.2, 0.25) is 10.0 Å². The van der Waals surface area contributed by atoms with Crippen LogP contribution in [0.3, 0.4) is 0 Å². The predicted octanol–water partition coefficient (Wildman–Crippen LogP) is 4.09. The van der Waals surface area contributed by atoms with Crippen molar-refractivity contribution in [1.82, 2.24) is 4.31 Å². The quantitative estimate of drug-likeness (QED) is 0.616. The molecule has 1 amide bonds. The van der Waals surface area contributed by atoms with Gasteiger partial charge in [0.05, 0.1) is 6.61 Å². The molecule has 0 aliphatic heterocycles. The lowest BCUT2D eigenvalue weighted by Gasteiger charge is -2.21. The van der Waals surface area contributed by atoms with Crippen molar-refractivity contribution in [3.8, 4) is 5.75 Å². The number of anilines is 1. The fourth-order valence-corrected chi connectivity index (χ4v) is 4.73. The molecule has 0 heterocycles. The molecule has 2 rings (SSSR count). The third kappa shape index (κ3) is 5.06. The zero-order chi connectivity index (χ0) is 20.7. The topological polar surface area (TPSA) is 75.7 Å². The summed E-state index contributed by atoms with van der Waals surface area (Å²) in [6.07, 6.45) is 1.97. The van der Waals surface area contributed by atoms with Crippen LogP contribution in [-0.4, -0.2) is 44.6 Å². The number of carbonyl (C=O) groups excluding carboxylic acids is 1. The van der Waals surface area contributed by atoms with Crippen LogP contribution in [0.5, 0.6) is 5.75 Å². The molecule has 0 bridgehead atoms. The van der Waals surface area contributed by atoms with Crippen molar-refractivity contribution in [2.75, 3.05) is 31.3 Å². The zero-order valence-electron chi connectivity index (χ0n) is 16.6. The number of nitrogens with one attached hydrogen (secondary N) is 1. The van der Waals surface area contributed by atoms with Gasteiger partial charge in [-0.15, -0.1) is 11.8 Å². The van der Waals surface area contributed by atoms with Crippen molar-refractivity contribution in [3.63, 3.8) is 0 Å². The molecule has 0 aliphatic rings. The van der Waals surface area contributed by atoms with E-state index < -0.39 is 10.0 Å². The summed E-state index contributed by atoms with van der Waals surface area (Å²) in [6, 6.07) is 11.9. The first-order valence-corrected chi connectivity index (χ1v) is 11.8. The number of hydrogen-bond acceptors (Lipinski definition) is 5. The largest absolute Gasteiger partial charge is 0.492 e. The number of benzene rings is 2. The van der Waals surface area contributed by atoms with Gasteiger partial charge in [0.15, 0.2) is 0 Å². The van der Waals surface area contributed by atoms with Crippen LogP contribution in [0, 0.1) is 0 Å². The standard InChI is InChI=1S/C20H26N2O4S2/c1-5-22(6-2)28(24,25)19-14-16(10-13-18(19)26-7-3)21-20(23)15-8-11-17(27-4)12-9-15/h8-14H,5-7H2,1-4H3,(H,21,23). The summed E-state index contributed by atoms with van der Waals surface area (Å²) < 4.78 is 32.9. The van der Waals surface area contributed by atoms with E-state index in [1.54, 1.807) is 56.8 Å². The SMILES string of the molecule is CCOc1ccc(NC(=O)c2ccc(SC)cc2)cc1S(=O)(=O)N(CC)CC. The maximum Gasteiger partial charge on any atom is 0.255 e. The van der Waals surface area contributed by atoms with Gasteiger partial charge in [0.1, 0.15) is 10.6 Å². The minimum Gasteiger partial charge on any atom is -0.492 e. The number of sulfonamides is 1. The molecule has 2 aromatic rings. The number of ether oxygens (including phenoxy) is 1. The van der Waals surface area contributed by atoms with Crippen molar-refractivity contribution in [1.29, 1.82) is 0 Å². The third-order valence-corrected chi connectivity index (χ3v) is 6.99. The number of rotatable bonds is 9. The number of hydrogen-bond donors (Lipinski definition) is 1. The second kappa shape index (κ2) is 9.95. The highest BCUT2D eigenvalue weighted by atomic mass is 32.2. The Morgan fingerprint density at radius 2 is 1.71 bits per heavy atom. The van der Waals surface area contributed by atoms with E-state index in [0.29, 0.717) is 30.9 Å². The Hall–Kier alpha value is -2.03. The van der Waals surface area contributed by atoms with Gasteiger partial charge in [-0.25, -0.2) is 8.42 Å². The first-order valence-electron chi connectivity index (χ1n) is 9.09. The van der Waals surface area contributed by atoms with Gasteiger partial charge >= 0.3 is 0 Å². The maximum atomic E-state index is 13.0. The highest BCUT2D eigenvalue weighted by molar-refractivity contribution is 7.98. The van der Waals surface area contributed by atoms with Gasteiger partial charge in [0.25, 0.3) is 5.91 Å². The minimum absolute atomic E-state index is 0.0496. The van der Waals surface area contributed by atoms with Crippen LogP contribution in [0.25, 0.3) is 0 Å². The van der Waals surface area contributed by atoms with Crippen molar-refractivity contribution in [3.05, 3.63) is 48.0 Å². The Bertz CT molecular complexity index is 908. The Balaban J connectivity index is 2.37. The summed E-state index contributed by atoms with van der Waals surface area (Å²) in [5.41, 5.74) is 0.896. The van der Waals surface area contributed by atoms with Gasteiger partial charge < -0.3 is 10.1 Å². The highest BCUT2D eigenvalue weighted by Crippen LogP contribution is 2.30. The van der Waals surface area contributed by atoms with Crippen molar-refractivity contribution < 1.29 is 17.9 Å². The van der Waals surface area contributed by atoms with Gasteiger partial charge in [-0.1, -0.05) is 13.8 Å². The molecular formula is C20H26N2O4S2. The smallest absolute Gasteiger partial charge is 0.255 e. The van der Waals surface area contributed by atoms with E-state index in [1.165, 1.54) is 10.4 Å². The summed E-state index contributed by atoms with van der Waals surface area (Å²) in [6.45, 7) is 6.40. The Kier molecular flexibility index (Phi) is 7.91. The lowest BCUT2D eigenvalue weighted by Crippen LogP contribution is -2.31. The molecule has 0 radical (unpaired) electrons. The van der Waals surface area contributed by atoms with E-state index in [2.05, 4.69) is 5.32 Å². The number of thioether (sulfide) groups is 1. The lowest BCUT2D eigenvalue weighted by atomic mass is 10.2. The van der Waals surface area contributed by atoms with Gasteiger partial charge in [0, 0.05) is 29.2 Å². The van der Waals surface area contributed by atoms with Crippen LogP contribution in [0.2, 0.25) is 0 Å². The van der Waals surface area contributed by atoms with E-state index in [9.17, 15) is 13.2 Å².